The fourth-order valence-electron chi connectivity index (χ4n) is 4.23. The van der Waals surface area contributed by atoms with Crippen molar-refractivity contribution in [1.29, 1.82) is 0 Å². The number of hydrogen-bond donors (Lipinski definition) is 0. The SMILES string of the molecule is C=C1C(=O)N(Cc2cc(F)cc3c2OCOC3)c2ccc(C(=O)c3ccccc3C)cc21. The summed E-state index contributed by atoms with van der Waals surface area (Å²) in [6, 6.07) is 15.3. The number of aryl methyl sites for hydroxylation is 1. The lowest BCUT2D eigenvalue weighted by Crippen LogP contribution is -2.26. The van der Waals surface area contributed by atoms with Crippen molar-refractivity contribution >= 4 is 23.0 Å². The van der Waals surface area contributed by atoms with E-state index in [2.05, 4.69) is 6.58 Å². The van der Waals surface area contributed by atoms with Crippen LogP contribution < -0.4 is 9.64 Å². The Kier molecular flexibility index (Phi) is 4.87. The fourth-order valence-corrected chi connectivity index (χ4v) is 4.23. The molecule has 5 nitrogen and oxygen atoms in total. The molecular weight excluding hydrogens is 409 g/mol. The maximum Gasteiger partial charge on any atom is 0.258 e. The Morgan fingerprint density at radius 1 is 1.16 bits per heavy atom. The minimum atomic E-state index is -0.419. The van der Waals surface area contributed by atoms with Gasteiger partial charge in [0.05, 0.1) is 18.8 Å². The first kappa shape index (κ1) is 20.2. The quantitative estimate of drug-likeness (QED) is 0.442. The number of rotatable bonds is 4. The van der Waals surface area contributed by atoms with Gasteiger partial charge in [-0.3, -0.25) is 9.59 Å². The van der Waals surface area contributed by atoms with Crippen LogP contribution in [0.4, 0.5) is 10.1 Å². The van der Waals surface area contributed by atoms with Gasteiger partial charge in [0, 0.05) is 33.4 Å². The Bertz CT molecular complexity index is 1300. The Morgan fingerprint density at radius 3 is 2.78 bits per heavy atom. The highest BCUT2D eigenvalue weighted by molar-refractivity contribution is 6.32. The number of fused-ring (bicyclic) bond motifs is 2. The van der Waals surface area contributed by atoms with Crippen molar-refractivity contribution in [3.8, 4) is 5.75 Å². The molecule has 160 valence electrons. The summed E-state index contributed by atoms with van der Waals surface area (Å²) >= 11 is 0. The van der Waals surface area contributed by atoms with Crippen molar-refractivity contribution < 1.29 is 23.5 Å². The van der Waals surface area contributed by atoms with E-state index in [-0.39, 0.29) is 31.6 Å². The van der Waals surface area contributed by atoms with E-state index in [0.29, 0.717) is 44.8 Å². The molecule has 0 radical (unpaired) electrons. The zero-order valence-corrected chi connectivity index (χ0v) is 17.5. The van der Waals surface area contributed by atoms with Gasteiger partial charge in [0.2, 0.25) is 0 Å². The van der Waals surface area contributed by atoms with Crippen molar-refractivity contribution in [3.63, 3.8) is 0 Å². The van der Waals surface area contributed by atoms with Gasteiger partial charge in [0.15, 0.2) is 12.6 Å². The van der Waals surface area contributed by atoms with E-state index in [1.807, 2.05) is 25.1 Å². The number of ether oxygens (including phenoxy) is 2. The first-order valence-electron chi connectivity index (χ1n) is 10.2. The Labute approximate surface area is 184 Å². The second-order valence-corrected chi connectivity index (χ2v) is 7.91. The third kappa shape index (κ3) is 3.29. The number of anilines is 1. The molecule has 2 heterocycles. The smallest absolute Gasteiger partial charge is 0.258 e. The molecule has 0 unspecified atom stereocenters. The van der Waals surface area contributed by atoms with Crippen molar-refractivity contribution in [2.24, 2.45) is 0 Å². The highest BCUT2D eigenvalue weighted by Crippen LogP contribution is 2.39. The van der Waals surface area contributed by atoms with Gasteiger partial charge in [-0.15, -0.1) is 0 Å². The standard InChI is InChI=1S/C26H20FNO4/c1-15-5-3-4-6-21(15)24(29)17-7-8-23-22(11-17)16(2)26(30)28(23)12-18-9-20(27)10-19-13-31-14-32-25(18)19/h3-11H,2,12-14H2,1H3. The molecule has 2 aliphatic rings. The number of nitrogens with zero attached hydrogens (tertiary/aromatic N) is 1. The third-order valence-electron chi connectivity index (χ3n) is 5.85. The van der Waals surface area contributed by atoms with E-state index in [9.17, 15) is 14.0 Å². The molecule has 0 spiro atoms. The molecule has 0 saturated carbocycles. The third-order valence-corrected chi connectivity index (χ3v) is 5.85. The van der Waals surface area contributed by atoms with Crippen molar-refractivity contribution in [2.75, 3.05) is 11.7 Å². The molecule has 5 rings (SSSR count). The average molecular weight is 429 g/mol. The lowest BCUT2D eigenvalue weighted by atomic mass is 9.96. The van der Waals surface area contributed by atoms with Gasteiger partial charge < -0.3 is 14.4 Å². The molecule has 0 aromatic heterocycles. The van der Waals surface area contributed by atoms with Crippen LogP contribution in [0.5, 0.6) is 5.75 Å². The molecule has 0 bridgehead atoms. The predicted octanol–water partition coefficient (Wildman–Crippen LogP) is 4.79. The number of halogens is 1. The van der Waals surface area contributed by atoms with Gasteiger partial charge in [-0.2, -0.15) is 0 Å². The van der Waals surface area contributed by atoms with E-state index in [4.69, 9.17) is 9.47 Å². The molecule has 0 N–H and O–H groups in total. The van der Waals surface area contributed by atoms with Crippen LogP contribution >= 0.6 is 0 Å². The molecule has 32 heavy (non-hydrogen) atoms. The summed E-state index contributed by atoms with van der Waals surface area (Å²) in [5.74, 6) is -0.281. The van der Waals surface area contributed by atoms with Gasteiger partial charge in [-0.1, -0.05) is 30.8 Å². The van der Waals surface area contributed by atoms with Gasteiger partial charge in [0.25, 0.3) is 5.91 Å². The van der Waals surface area contributed by atoms with Crippen molar-refractivity contribution in [1.82, 2.24) is 0 Å². The number of benzene rings is 3. The maximum absolute atomic E-state index is 14.2. The van der Waals surface area contributed by atoms with Crippen LogP contribution in [0.1, 0.15) is 38.2 Å². The van der Waals surface area contributed by atoms with Gasteiger partial charge in [-0.05, 0) is 42.8 Å². The average Bonchev–Trinajstić information content (AvgIpc) is 3.03. The molecule has 0 aliphatic carbocycles. The summed E-state index contributed by atoms with van der Waals surface area (Å²) in [6.07, 6.45) is 0. The van der Waals surface area contributed by atoms with Crippen LogP contribution in [0.25, 0.3) is 5.57 Å². The topological polar surface area (TPSA) is 55.8 Å². The Balaban J connectivity index is 1.51. The van der Waals surface area contributed by atoms with Crippen LogP contribution in [0.2, 0.25) is 0 Å². The lowest BCUT2D eigenvalue weighted by Gasteiger charge is -2.24. The summed E-state index contributed by atoms with van der Waals surface area (Å²) in [4.78, 5) is 27.6. The number of amides is 1. The Morgan fingerprint density at radius 2 is 1.97 bits per heavy atom. The summed E-state index contributed by atoms with van der Waals surface area (Å²) in [5.41, 5.74) is 4.68. The summed E-state index contributed by atoms with van der Waals surface area (Å²) < 4.78 is 25.0. The predicted molar refractivity (Wildman–Crippen MR) is 118 cm³/mol. The summed E-state index contributed by atoms with van der Waals surface area (Å²) in [6.45, 7) is 6.27. The lowest BCUT2D eigenvalue weighted by molar-refractivity contribution is -0.113. The minimum Gasteiger partial charge on any atom is -0.467 e. The summed E-state index contributed by atoms with van der Waals surface area (Å²) in [7, 11) is 0. The molecule has 2 aliphatic heterocycles. The monoisotopic (exact) mass is 429 g/mol. The van der Waals surface area contributed by atoms with Gasteiger partial charge in [0.1, 0.15) is 11.6 Å². The van der Waals surface area contributed by atoms with E-state index < -0.39 is 5.82 Å². The minimum absolute atomic E-state index is 0.0766. The van der Waals surface area contributed by atoms with Crippen LogP contribution in [0.3, 0.4) is 0 Å². The highest BCUT2D eigenvalue weighted by Gasteiger charge is 2.33. The normalized spacial score (nSPS) is 14.8. The van der Waals surface area contributed by atoms with Crippen LogP contribution in [-0.2, 0) is 22.7 Å². The molecule has 6 heteroatoms. The largest absolute Gasteiger partial charge is 0.467 e. The number of carbonyl (C=O) groups excluding carboxylic acids is 2. The van der Waals surface area contributed by atoms with Crippen LogP contribution in [0.15, 0.2) is 61.2 Å². The first-order chi connectivity index (χ1) is 15.4. The van der Waals surface area contributed by atoms with E-state index in [1.54, 1.807) is 24.3 Å². The molecule has 1 amide bonds. The second kappa shape index (κ2) is 7.73. The molecule has 0 saturated heterocycles. The number of carbonyl (C=O) groups is 2. The highest BCUT2D eigenvalue weighted by atomic mass is 19.1. The molecular formula is C26H20FNO4. The van der Waals surface area contributed by atoms with Crippen molar-refractivity contribution in [2.45, 2.75) is 20.1 Å². The van der Waals surface area contributed by atoms with Crippen molar-refractivity contribution in [3.05, 3.63) is 100 Å². The molecule has 3 aromatic rings. The van der Waals surface area contributed by atoms with Gasteiger partial charge in [-0.25, -0.2) is 4.39 Å². The molecule has 0 atom stereocenters. The maximum atomic E-state index is 14.2. The second-order valence-electron chi connectivity index (χ2n) is 7.91. The number of hydrogen-bond acceptors (Lipinski definition) is 4. The zero-order chi connectivity index (χ0) is 22.4. The first-order valence-corrected chi connectivity index (χ1v) is 10.2. The number of ketones is 1. The fraction of sp³-hybridized carbons (Fsp3) is 0.154. The van der Waals surface area contributed by atoms with Crippen LogP contribution in [0, 0.1) is 12.7 Å². The van der Waals surface area contributed by atoms with Gasteiger partial charge >= 0.3 is 0 Å². The Hall–Kier alpha value is -3.77. The summed E-state index contributed by atoms with van der Waals surface area (Å²) in [5, 5.41) is 0. The van der Waals surface area contributed by atoms with E-state index >= 15 is 0 Å². The van der Waals surface area contributed by atoms with E-state index in [1.165, 1.54) is 17.0 Å². The van der Waals surface area contributed by atoms with Crippen LogP contribution in [-0.4, -0.2) is 18.5 Å². The zero-order valence-electron chi connectivity index (χ0n) is 17.5. The molecule has 0 fully saturated rings. The molecule has 3 aromatic carbocycles. The van der Waals surface area contributed by atoms with E-state index in [0.717, 1.165) is 5.56 Å².